The Balaban J connectivity index is 2.67. The van der Waals surface area contributed by atoms with Crippen molar-refractivity contribution in [1.82, 2.24) is 10.3 Å². The number of pyridine rings is 1. The van der Waals surface area contributed by atoms with Crippen LogP contribution in [0.15, 0.2) is 18.5 Å². The maximum absolute atomic E-state index is 11.7. The van der Waals surface area contributed by atoms with Crippen molar-refractivity contribution in [3.05, 3.63) is 29.6 Å². The monoisotopic (exact) mass is 253 g/mol. The summed E-state index contributed by atoms with van der Waals surface area (Å²) in [6.45, 7) is -0.320. The van der Waals surface area contributed by atoms with Gasteiger partial charge in [0, 0.05) is 38.1 Å². The van der Waals surface area contributed by atoms with Crippen LogP contribution in [-0.4, -0.2) is 46.8 Å². The number of hydrogen-bond acceptors (Lipinski definition) is 5. The highest BCUT2D eigenvalue weighted by Crippen LogP contribution is 2.02. The quantitative estimate of drug-likeness (QED) is 0.491. The average molecular weight is 253 g/mol. The summed E-state index contributed by atoms with van der Waals surface area (Å²) in [6.07, 6.45) is 2.57. The number of primary amides is 1. The smallest absolute Gasteiger partial charge is 0.252 e. The zero-order chi connectivity index (χ0) is 13.5. The predicted octanol–water partition coefficient (Wildman–Crippen LogP) is -1.49. The molecule has 98 valence electrons. The summed E-state index contributed by atoms with van der Waals surface area (Å²) in [6, 6.07) is 1.33. The van der Waals surface area contributed by atoms with Crippen LogP contribution in [0.3, 0.4) is 0 Å². The van der Waals surface area contributed by atoms with Gasteiger partial charge in [-0.15, -0.1) is 0 Å². The highest BCUT2D eigenvalue weighted by molar-refractivity contribution is 5.98. The van der Waals surface area contributed by atoms with E-state index in [0.717, 1.165) is 0 Å². The molecular formula is C11H15N3O4. The van der Waals surface area contributed by atoms with Gasteiger partial charge in [-0.05, 0) is 6.07 Å². The third-order valence-electron chi connectivity index (χ3n) is 2.35. The number of hydrogen-bond donors (Lipinski definition) is 4. The van der Waals surface area contributed by atoms with Crippen LogP contribution in [0.25, 0.3) is 0 Å². The molecule has 0 aromatic carbocycles. The molecule has 0 radical (unpaired) electrons. The van der Waals surface area contributed by atoms with Crippen LogP contribution in [-0.2, 0) is 0 Å². The Morgan fingerprint density at radius 3 is 2.44 bits per heavy atom. The van der Waals surface area contributed by atoms with Crippen LogP contribution in [0.2, 0.25) is 0 Å². The Morgan fingerprint density at radius 2 is 1.89 bits per heavy atom. The van der Waals surface area contributed by atoms with Crippen molar-refractivity contribution >= 4 is 11.8 Å². The molecule has 0 saturated carbocycles. The van der Waals surface area contributed by atoms with E-state index in [-0.39, 0.29) is 30.9 Å². The molecule has 1 heterocycles. The van der Waals surface area contributed by atoms with E-state index in [4.69, 9.17) is 15.9 Å². The summed E-state index contributed by atoms with van der Waals surface area (Å²) in [5.74, 6) is -1.53. The average Bonchev–Trinajstić information content (AvgIpc) is 2.39. The third kappa shape index (κ3) is 3.79. The van der Waals surface area contributed by atoms with Crippen LogP contribution in [0, 0.1) is 5.92 Å². The Morgan fingerprint density at radius 1 is 1.28 bits per heavy atom. The minimum atomic E-state index is -0.666. The standard InChI is InChI=1S/C11H15N3O4/c12-10(17)8-1-9(4-13-3-8)11(18)14-2-7(5-15)6-16/h1,3-4,7,15-16H,2,5-6H2,(H2,12,17)(H,14,18). The molecular weight excluding hydrogens is 238 g/mol. The van der Waals surface area contributed by atoms with Gasteiger partial charge in [-0.3, -0.25) is 14.6 Å². The summed E-state index contributed by atoms with van der Waals surface area (Å²) >= 11 is 0. The van der Waals surface area contributed by atoms with E-state index in [2.05, 4.69) is 10.3 Å². The molecule has 0 spiro atoms. The van der Waals surface area contributed by atoms with E-state index in [0.29, 0.717) is 0 Å². The summed E-state index contributed by atoms with van der Waals surface area (Å²) in [5, 5.41) is 20.2. The molecule has 0 bridgehead atoms. The second-order valence-electron chi connectivity index (χ2n) is 3.77. The number of aromatic nitrogens is 1. The van der Waals surface area contributed by atoms with Crippen LogP contribution >= 0.6 is 0 Å². The summed E-state index contributed by atoms with van der Waals surface area (Å²) in [4.78, 5) is 26.3. The second kappa shape index (κ2) is 6.67. The van der Waals surface area contributed by atoms with Gasteiger partial charge in [-0.25, -0.2) is 0 Å². The fraction of sp³-hybridized carbons (Fsp3) is 0.364. The molecule has 5 N–H and O–H groups in total. The maximum Gasteiger partial charge on any atom is 0.252 e. The van der Waals surface area contributed by atoms with E-state index in [9.17, 15) is 9.59 Å². The highest BCUT2D eigenvalue weighted by Gasteiger charge is 2.11. The lowest BCUT2D eigenvalue weighted by atomic mass is 10.1. The Hall–Kier alpha value is -1.99. The number of nitrogens with two attached hydrogens (primary N) is 1. The molecule has 1 aromatic heterocycles. The minimum Gasteiger partial charge on any atom is -0.396 e. The molecule has 7 nitrogen and oxygen atoms in total. The van der Waals surface area contributed by atoms with E-state index in [1.54, 1.807) is 0 Å². The highest BCUT2D eigenvalue weighted by atomic mass is 16.3. The molecule has 0 atom stereocenters. The van der Waals surface area contributed by atoms with Crippen LogP contribution in [0.5, 0.6) is 0 Å². The van der Waals surface area contributed by atoms with Crippen molar-refractivity contribution in [3.63, 3.8) is 0 Å². The fourth-order valence-corrected chi connectivity index (χ4v) is 1.22. The van der Waals surface area contributed by atoms with Gasteiger partial charge >= 0.3 is 0 Å². The lowest BCUT2D eigenvalue weighted by Gasteiger charge is -2.11. The van der Waals surface area contributed by atoms with Gasteiger partial charge in [0.1, 0.15) is 0 Å². The van der Waals surface area contributed by atoms with Crippen molar-refractivity contribution in [2.45, 2.75) is 0 Å². The van der Waals surface area contributed by atoms with Crippen LogP contribution in [0.4, 0.5) is 0 Å². The summed E-state index contributed by atoms with van der Waals surface area (Å²) < 4.78 is 0. The molecule has 0 saturated heterocycles. The second-order valence-corrected chi connectivity index (χ2v) is 3.77. The molecule has 1 rings (SSSR count). The number of aliphatic hydroxyl groups is 2. The van der Waals surface area contributed by atoms with Gasteiger partial charge in [-0.1, -0.05) is 0 Å². The van der Waals surface area contributed by atoms with Gasteiger partial charge in [0.05, 0.1) is 11.1 Å². The van der Waals surface area contributed by atoms with Crippen molar-refractivity contribution in [2.24, 2.45) is 11.7 Å². The molecule has 18 heavy (non-hydrogen) atoms. The van der Waals surface area contributed by atoms with Gasteiger partial charge in [0.25, 0.3) is 5.91 Å². The maximum atomic E-state index is 11.7. The first kappa shape index (κ1) is 14.1. The number of carbonyl (C=O) groups excluding carboxylic acids is 2. The number of nitrogens with zero attached hydrogens (tertiary/aromatic N) is 1. The lowest BCUT2D eigenvalue weighted by molar-refractivity contribution is 0.0921. The van der Waals surface area contributed by atoms with Gasteiger partial charge in [0.2, 0.25) is 5.91 Å². The van der Waals surface area contributed by atoms with Crippen LogP contribution in [0.1, 0.15) is 20.7 Å². The summed E-state index contributed by atoms with van der Waals surface area (Å²) in [5.41, 5.74) is 5.41. The Bertz CT molecular complexity index is 432. The molecule has 7 heteroatoms. The molecule has 0 fully saturated rings. The molecule has 2 amide bonds. The number of aliphatic hydroxyl groups excluding tert-OH is 2. The molecule has 0 aliphatic heterocycles. The lowest BCUT2D eigenvalue weighted by Crippen LogP contribution is -2.32. The van der Waals surface area contributed by atoms with Crippen molar-refractivity contribution in [2.75, 3.05) is 19.8 Å². The minimum absolute atomic E-state index is 0.132. The van der Waals surface area contributed by atoms with E-state index >= 15 is 0 Å². The first-order valence-electron chi connectivity index (χ1n) is 5.33. The normalized spacial score (nSPS) is 10.4. The number of amides is 2. The number of rotatable bonds is 6. The third-order valence-corrected chi connectivity index (χ3v) is 2.35. The largest absolute Gasteiger partial charge is 0.396 e. The topological polar surface area (TPSA) is 126 Å². The fourth-order valence-electron chi connectivity index (χ4n) is 1.22. The zero-order valence-corrected chi connectivity index (χ0v) is 9.67. The molecule has 0 aliphatic rings. The number of nitrogens with one attached hydrogen (secondary N) is 1. The zero-order valence-electron chi connectivity index (χ0n) is 9.67. The van der Waals surface area contributed by atoms with Crippen LogP contribution < -0.4 is 11.1 Å². The van der Waals surface area contributed by atoms with Gasteiger partial charge in [-0.2, -0.15) is 0 Å². The molecule has 0 unspecified atom stereocenters. The first-order chi connectivity index (χ1) is 8.58. The van der Waals surface area contributed by atoms with E-state index < -0.39 is 17.7 Å². The van der Waals surface area contributed by atoms with Crippen molar-refractivity contribution in [1.29, 1.82) is 0 Å². The number of carbonyl (C=O) groups is 2. The van der Waals surface area contributed by atoms with Crippen molar-refractivity contribution in [3.8, 4) is 0 Å². The van der Waals surface area contributed by atoms with E-state index in [1.807, 2.05) is 0 Å². The predicted molar refractivity (Wildman–Crippen MR) is 62.7 cm³/mol. The first-order valence-corrected chi connectivity index (χ1v) is 5.33. The van der Waals surface area contributed by atoms with E-state index in [1.165, 1.54) is 18.5 Å². The SMILES string of the molecule is NC(=O)c1cncc(C(=O)NCC(CO)CO)c1. The van der Waals surface area contributed by atoms with Gasteiger partial charge in [0.15, 0.2) is 0 Å². The molecule has 1 aromatic rings. The Labute approximate surface area is 104 Å². The molecule has 0 aliphatic carbocycles. The van der Waals surface area contributed by atoms with Gasteiger partial charge < -0.3 is 21.3 Å². The van der Waals surface area contributed by atoms with Crippen molar-refractivity contribution < 1.29 is 19.8 Å². The summed E-state index contributed by atoms with van der Waals surface area (Å²) in [7, 11) is 0. The Kier molecular flexibility index (Phi) is 5.22.